The van der Waals surface area contributed by atoms with E-state index in [-0.39, 0.29) is 5.91 Å². The van der Waals surface area contributed by atoms with Crippen molar-refractivity contribution in [2.24, 2.45) is 0 Å². The number of nitrogens with two attached hydrogens (primary N) is 1. The lowest BCUT2D eigenvalue weighted by molar-refractivity contribution is -0.136. The molecule has 0 saturated carbocycles. The van der Waals surface area contributed by atoms with Crippen LogP contribution in [0.4, 0.5) is 5.82 Å². The lowest BCUT2D eigenvalue weighted by atomic mass is 10.1. The van der Waals surface area contributed by atoms with Gasteiger partial charge in [-0.05, 0) is 47.7 Å². The van der Waals surface area contributed by atoms with Crippen molar-refractivity contribution in [3.8, 4) is 0 Å². The van der Waals surface area contributed by atoms with Crippen molar-refractivity contribution in [2.75, 3.05) is 25.4 Å². The second-order valence-electron chi connectivity index (χ2n) is 7.89. The zero-order valence-electron chi connectivity index (χ0n) is 16.8. The highest BCUT2D eigenvalue weighted by Gasteiger charge is 2.24. The summed E-state index contributed by atoms with van der Waals surface area (Å²) in [7, 11) is 0. The molecule has 1 amide bonds. The summed E-state index contributed by atoms with van der Waals surface area (Å²) in [5, 5.41) is 2.13. The molecular weight excluding hydrogens is 394 g/mol. The van der Waals surface area contributed by atoms with Gasteiger partial charge in [0.2, 0.25) is 5.91 Å². The van der Waals surface area contributed by atoms with Gasteiger partial charge in [-0.3, -0.25) is 9.69 Å². The Labute approximate surface area is 179 Å². The van der Waals surface area contributed by atoms with Crippen LogP contribution in [0.1, 0.15) is 16.0 Å². The van der Waals surface area contributed by atoms with Crippen LogP contribution < -0.4 is 5.73 Å². The molecule has 1 aliphatic rings. The maximum absolute atomic E-state index is 12.8. The Bertz CT molecular complexity index is 1250. The molecule has 2 aromatic carbocycles. The van der Waals surface area contributed by atoms with Crippen LogP contribution in [0.5, 0.6) is 0 Å². The third-order valence-electron chi connectivity index (χ3n) is 5.61. The van der Waals surface area contributed by atoms with Gasteiger partial charge in [0.1, 0.15) is 12.1 Å². The highest BCUT2D eigenvalue weighted by molar-refractivity contribution is 7.19. The SMILES string of the molecule is Cc1ccc2cc(CN3CCN(Cc4ccc5c(N)ncnc5c4)C(=O)C3)sc2c1. The molecule has 152 valence electrons. The summed E-state index contributed by atoms with van der Waals surface area (Å²) in [6.45, 7) is 5.59. The Morgan fingerprint density at radius 2 is 1.97 bits per heavy atom. The first kappa shape index (κ1) is 19.0. The lowest BCUT2D eigenvalue weighted by Gasteiger charge is -2.34. The number of nitrogen functional groups attached to an aromatic ring is 1. The molecule has 4 aromatic rings. The predicted octanol–water partition coefficient (Wildman–Crippen LogP) is 3.58. The van der Waals surface area contributed by atoms with E-state index < -0.39 is 0 Å². The van der Waals surface area contributed by atoms with Crippen molar-refractivity contribution in [3.63, 3.8) is 0 Å². The molecule has 0 bridgehead atoms. The Morgan fingerprint density at radius 1 is 1.07 bits per heavy atom. The van der Waals surface area contributed by atoms with Gasteiger partial charge in [-0.25, -0.2) is 9.97 Å². The molecule has 0 unspecified atom stereocenters. The van der Waals surface area contributed by atoms with E-state index in [1.807, 2.05) is 34.4 Å². The molecule has 1 fully saturated rings. The molecule has 2 aromatic heterocycles. The zero-order valence-corrected chi connectivity index (χ0v) is 17.7. The molecule has 6 nitrogen and oxygen atoms in total. The van der Waals surface area contributed by atoms with Gasteiger partial charge in [0.15, 0.2) is 0 Å². The minimum absolute atomic E-state index is 0.167. The number of piperazine rings is 1. The number of anilines is 1. The van der Waals surface area contributed by atoms with Gasteiger partial charge in [0.05, 0.1) is 12.1 Å². The van der Waals surface area contributed by atoms with Crippen molar-refractivity contribution in [1.29, 1.82) is 0 Å². The van der Waals surface area contributed by atoms with Crippen molar-refractivity contribution < 1.29 is 4.79 Å². The summed E-state index contributed by atoms with van der Waals surface area (Å²) in [6.07, 6.45) is 1.47. The Balaban J connectivity index is 1.24. The third kappa shape index (κ3) is 3.74. The smallest absolute Gasteiger partial charge is 0.237 e. The van der Waals surface area contributed by atoms with Crippen LogP contribution in [0.2, 0.25) is 0 Å². The number of carbonyl (C=O) groups is 1. The van der Waals surface area contributed by atoms with Crippen molar-refractivity contribution in [3.05, 3.63) is 64.8 Å². The van der Waals surface area contributed by atoms with E-state index in [2.05, 4.69) is 46.1 Å². The molecule has 1 aliphatic heterocycles. The largest absolute Gasteiger partial charge is 0.383 e. The number of hydrogen-bond acceptors (Lipinski definition) is 6. The minimum atomic E-state index is 0.167. The van der Waals surface area contributed by atoms with Gasteiger partial charge in [0, 0.05) is 41.1 Å². The van der Waals surface area contributed by atoms with Crippen LogP contribution >= 0.6 is 11.3 Å². The summed E-state index contributed by atoms with van der Waals surface area (Å²) < 4.78 is 1.32. The summed E-state index contributed by atoms with van der Waals surface area (Å²) >= 11 is 1.82. The summed E-state index contributed by atoms with van der Waals surface area (Å²) in [5.41, 5.74) is 9.05. The van der Waals surface area contributed by atoms with Crippen LogP contribution in [0.25, 0.3) is 21.0 Å². The van der Waals surface area contributed by atoms with E-state index in [1.54, 1.807) is 0 Å². The minimum Gasteiger partial charge on any atom is -0.383 e. The van der Waals surface area contributed by atoms with Crippen molar-refractivity contribution in [2.45, 2.75) is 20.0 Å². The maximum Gasteiger partial charge on any atom is 0.237 e. The molecule has 0 aliphatic carbocycles. The molecular formula is C23H23N5OS. The number of aryl methyl sites for hydroxylation is 1. The number of nitrogens with zero attached hydrogens (tertiary/aromatic N) is 4. The average molecular weight is 418 g/mol. The fourth-order valence-corrected chi connectivity index (χ4v) is 5.20. The topological polar surface area (TPSA) is 75.3 Å². The Hall–Kier alpha value is -3.03. The maximum atomic E-state index is 12.8. The Kier molecular flexibility index (Phi) is 4.84. The first-order chi connectivity index (χ1) is 14.5. The first-order valence-corrected chi connectivity index (χ1v) is 10.8. The van der Waals surface area contributed by atoms with E-state index in [4.69, 9.17) is 5.73 Å². The molecule has 1 saturated heterocycles. The van der Waals surface area contributed by atoms with Gasteiger partial charge in [-0.1, -0.05) is 18.2 Å². The molecule has 0 atom stereocenters. The number of aromatic nitrogens is 2. The van der Waals surface area contributed by atoms with Crippen LogP contribution in [0.3, 0.4) is 0 Å². The van der Waals surface area contributed by atoms with Gasteiger partial charge < -0.3 is 10.6 Å². The number of carbonyl (C=O) groups excluding carboxylic acids is 1. The molecule has 0 spiro atoms. The predicted molar refractivity (Wildman–Crippen MR) is 121 cm³/mol. The average Bonchev–Trinajstić information content (AvgIpc) is 3.11. The molecule has 7 heteroatoms. The third-order valence-corrected chi connectivity index (χ3v) is 6.69. The quantitative estimate of drug-likeness (QED) is 0.549. The highest BCUT2D eigenvalue weighted by atomic mass is 32.1. The number of benzene rings is 2. The summed E-state index contributed by atoms with van der Waals surface area (Å²) in [6, 6.07) is 14.7. The molecule has 30 heavy (non-hydrogen) atoms. The summed E-state index contributed by atoms with van der Waals surface area (Å²) in [4.78, 5) is 26.6. The molecule has 3 heterocycles. The van der Waals surface area contributed by atoms with Gasteiger partial charge >= 0.3 is 0 Å². The van der Waals surface area contributed by atoms with Crippen LogP contribution in [-0.4, -0.2) is 45.3 Å². The summed E-state index contributed by atoms with van der Waals surface area (Å²) in [5.74, 6) is 0.646. The van der Waals surface area contributed by atoms with Crippen LogP contribution in [-0.2, 0) is 17.9 Å². The van der Waals surface area contributed by atoms with Gasteiger partial charge in [-0.2, -0.15) is 0 Å². The molecule has 2 N–H and O–H groups in total. The molecule has 0 radical (unpaired) electrons. The van der Waals surface area contributed by atoms with Crippen molar-refractivity contribution >= 4 is 44.1 Å². The van der Waals surface area contributed by atoms with Gasteiger partial charge in [-0.15, -0.1) is 11.3 Å². The number of rotatable bonds is 4. The van der Waals surface area contributed by atoms with E-state index in [0.29, 0.717) is 18.9 Å². The zero-order chi connectivity index (χ0) is 20.7. The highest BCUT2D eigenvalue weighted by Crippen LogP contribution is 2.28. The molecule has 5 rings (SSSR count). The number of thiophene rings is 1. The van der Waals surface area contributed by atoms with E-state index >= 15 is 0 Å². The van der Waals surface area contributed by atoms with Crippen LogP contribution in [0.15, 0.2) is 48.8 Å². The standard InChI is InChI=1S/C23H23N5OS/c1-15-2-4-17-10-18(30-21(17)8-15)12-27-6-7-28(22(29)13-27)11-16-3-5-19-20(9-16)25-14-26-23(19)24/h2-5,8-10,14H,6-7,11-13H2,1H3,(H2,24,25,26). The van der Waals surface area contributed by atoms with Crippen LogP contribution in [0, 0.1) is 6.92 Å². The second-order valence-corrected chi connectivity index (χ2v) is 9.06. The number of fused-ring (bicyclic) bond motifs is 2. The fraction of sp³-hybridized carbons (Fsp3) is 0.261. The van der Waals surface area contributed by atoms with Gasteiger partial charge in [0.25, 0.3) is 0 Å². The van der Waals surface area contributed by atoms with Crippen molar-refractivity contribution in [1.82, 2.24) is 19.8 Å². The fourth-order valence-electron chi connectivity index (χ4n) is 3.99. The van der Waals surface area contributed by atoms with E-state index in [0.717, 1.165) is 36.1 Å². The Morgan fingerprint density at radius 3 is 2.83 bits per heavy atom. The lowest BCUT2D eigenvalue weighted by Crippen LogP contribution is -2.49. The second kappa shape index (κ2) is 7.66. The first-order valence-electron chi connectivity index (χ1n) is 10.0. The number of hydrogen-bond donors (Lipinski definition) is 1. The van der Waals surface area contributed by atoms with E-state index in [1.165, 1.54) is 26.9 Å². The normalized spacial score (nSPS) is 15.4. The van der Waals surface area contributed by atoms with E-state index in [9.17, 15) is 4.79 Å². The number of amides is 1. The monoisotopic (exact) mass is 417 g/mol.